The van der Waals surface area contributed by atoms with Crippen LogP contribution in [0.3, 0.4) is 0 Å². The summed E-state index contributed by atoms with van der Waals surface area (Å²) >= 11 is 1.58. The van der Waals surface area contributed by atoms with E-state index in [0.29, 0.717) is 24.3 Å². The van der Waals surface area contributed by atoms with Crippen LogP contribution in [0.5, 0.6) is 0 Å². The van der Waals surface area contributed by atoms with Crippen molar-refractivity contribution in [2.45, 2.75) is 42.2 Å². The number of carbonyl (C=O) groups is 1. The molecule has 2 aromatic rings. The number of rotatable bonds is 4. The minimum Gasteiger partial charge on any atom is -0.325 e. The molecule has 7 heteroatoms. The van der Waals surface area contributed by atoms with Crippen LogP contribution in [0.2, 0.25) is 0 Å². The van der Waals surface area contributed by atoms with Gasteiger partial charge in [-0.3, -0.25) is 9.10 Å². The third-order valence-electron chi connectivity index (χ3n) is 4.19. The second kappa shape index (κ2) is 7.32. The van der Waals surface area contributed by atoms with Crippen molar-refractivity contribution in [2.75, 3.05) is 16.2 Å². The Balaban J connectivity index is 2.03. The highest BCUT2D eigenvalue weighted by Crippen LogP contribution is 2.37. The van der Waals surface area contributed by atoms with Gasteiger partial charge < -0.3 is 5.32 Å². The minimum atomic E-state index is -3.72. The molecular formula is C19H22N2O3S2. The summed E-state index contributed by atoms with van der Waals surface area (Å²) in [4.78, 5) is 13.0. The molecule has 1 atom stereocenters. The lowest BCUT2D eigenvalue weighted by atomic mass is 10.2. The van der Waals surface area contributed by atoms with Gasteiger partial charge in [0, 0.05) is 23.1 Å². The maximum absolute atomic E-state index is 13.2. The Hall–Kier alpha value is -1.99. The van der Waals surface area contributed by atoms with Gasteiger partial charge in [-0.05, 0) is 49.7 Å². The van der Waals surface area contributed by atoms with Crippen molar-refractivity contribution in [2.24, 2.45) is 0 Å². The van der Waals surface area contributed by atoms with Gasteiger partial charge in [0.2, 0.25) is 5.91 Å². The molecule has 1 aliphatic heterocycles. The van der Waals surface area contributed by atoms with Crippen molar-refractivity contribution < 1.29 is 13.2 Å². The molecule has 0 bridgehead atoms. The lowest BCUT2D eigenvalue weighted by Crippen LogP contribution is -2.30. The first-order valence-electron chi connectivity index (χ1n) is 8.51. The van der Waals surface area contributed by atoms with Crippen molar-refractivity contribution in [3.05, 3.63) is 48.0 Å². The van der Waals surface area contributed by atoms with E-state index in [1.165, 1.54) is 4.31 Å². The number of amides is 1. The molecule has 0 aliphatic carbocycles. The molecule has 3 rings (SSSR count). The predicted molar refractivity (Wildman–Crippen MR) is 106 cm³/mol. The number of hydrogen-bond donors (Lipinski definition) is 1. The first-order chi connectivity index (χ1) is 12.3. The smallest absolute Gasteiger partial charge is 0.264 e. The van der Waals surface area contributed by atoms with Crippen LogP contribution in [0.1, 0.15) is 25.8 Å². The van der Waals surface area contributed by atoms with E-state index in [1.54, 1.807) is 36.0 Å². The molecule has 1 amide bonds. The molecule has 0 aromatic heterocycles. The van der Waals surface area contributed by atoms with Crippen LogP contribution in [0, 0.1) is 6.92 Å². The summed E-state index contributed by atoms with van der Waals surface area (Å²) in [5.41, 5.74) is 2.19. The molecule has 0 spiro atoms. The normalized spacial score (nSPS) is 17.2. The van der Waals surface area contributed by atoms with E-state index in [1.807, 2.05) is 39.0 Å². The second-order valence-electron chi connectivity index (χ2n) is 6.35. The van der Waals surface area contributed by atoms with Crippen LogP contribution in [0.25, 0.3) is 0 Å². The molecule has 1 heterocycles. The second-order valence-corrected chi connectivity index (χ2v) is 9.69. The van der Waals surface area contributed by atoms with Gasteiger partial charge in [-0.25, -0.2) is 8.42 Å². The first-order valence-corrected chi connectivity index (χ1v) is 10.8. The number of nitrogens with one attached hydrogen (secondary N) is 1. The Labute approximate surface area is 158 Å². The molecule has 26 heavy (non-hydrogen) atoms. The lowest BCUT2D eigenvalue weighted by Gasteiger charge is -2.24. The lowest BCUT2D eigenvalue weighted by molar-refractivity contribution is -0.116. The van der Waals surface area contributed by atoms with E-state index in [0.717, 1.165) is 10.5 Å². The number of hydrogen-bond acceptors (Lipinski definition) is 4. The highest BCUT2D eigenvalue weighted by Gasteiger charge is 2.26. The van der Waals surface area contributed by atoms with Crippen molar-refractivity contribution in [1.29, 1.82) is 0 Å². The summed E-state index contributed by atoms with van der Waals surface area (Å²) in [6.07, 6.45) is 0.409. The molecule has 138 valence electrons. The van der Waals surface area contributed by atoms with Gasteiger partial charge in [0.25, 0.3) is 10.0 Å². The largest absolute Gasteiger partial charge is 0.325 e. The fraction of sp³-hybridized carbons (Fsp3) is 0.316. The summed E-state index contributed by atoms with van der Waals surface area (Å²) in [5, 5.41) is 2.98. The summed E-state index contributed by atoms with van der Waals surface area (Å²) in [6.45, 7) is 6.05. The molecule has 1 aliphatic rings. The first kappa shape index (κ1) is 18.8. The van der Waals surface area contributed by atoms with E-state index >= 15 is 0 Å². The molecule has 0 fully saturated rings. The van der Waals surface area contributed by atoms with Crippen molar-refractivity contribution >= 4 is 39.1 Å². The molecular weight excluding hydrogens is 368 g/mol. The molecule has 0 radical (unpaired) electrons. The molecule has 0 saturated carbocycles. The Bertz CT molecular complexity index is 942. The van der Waals surface area contributed by atoms with Crippen LogP contribution in [-0.4, -0.2) is 26.1 Å². The topological polar surface area (TPSA) is 66.5 Å². The van der Waals surface area contributed by atoms with Crippen molar-refractivity contribution in [3.8, 4) is 0 Å². The van der Waals surface area contributed by atoms with Gasteiger partial charge in [-0.15, -0.1) is 11.8 Å². The summed E-state index contributed by atoms with van der Waals surface area (Å²) in [5.74, 6) is -0.0932. The van der Waals surface area contributed by atoms with E-state index in [2.05, 4.69) is 5.32 Å². The van der Waals surface area contributed by atoms with Gasteiger partial charge in [-0.1, -0.05) is 19.1 Å². The highest BCUT2D eigenvalue weighted by atomic mass is 32.2. The van der Waals surface area contributed by atoms with E-state index in [9.17, 15) is 13.2 Å². The van der Waals surface area contributed by atoms with E-state index in [-0.39, 0.29) is 16.1 Å². The van der Waals surface area contributed by atoms with Crippen LogP contribution in [-0.2, 0) is 14.8 Å². The Morgan fingerprint density at radius 1 is 1.23 bits per heavy atom. The fourth-order valence-electron chi connectivity index (χ4n) is 2.99. The molecule has 2 aromatic carbocycles. The number of aryl methyl sites for hydroxylation is 1. The zero-order valence-corrected chi connectivity index (χ0v) is 16.7. The SMILES string of the molecule is CCN(c1cccc(C)c1)S(=O)(=O)c1ccc2c(c1)NC(=O)CC(C)S2. The average molecular weight is 391 g/mol. The third-order valence-corrected chi connectivity index (χ3v) is 7.27. The third kappa shape index (κ3) is 3.73. The maximum Gasteiger partial charge on any atom is 0.264 e. The standard InChI is InChI=1S/C19H22N2O3S2/c1-4-21(15-7-5-6-13(2)10-15)26(23,24)16-8-9-18-17(12-16)20-19(22)11-14(3)25-18/h5-10,12,14H,4,11H2,1-3H3,(H,20,22). The number of sulfonamides is 1. The zero-order chi connectivity index (χ0) is 18.9. The molecule has 0 saturated heterocycles. The number of thioether (sulfide) groups is 1. The maximum atomic E-state index is 13.2. The zero-order valence-electron chi connectivity index (χ0n) is 15.0. The number of benzene rings is 2. The highest BCUT2D eigenvalue weighted by molar-refractivity contribution is 8.00. The molecule has 5 nitrogen and oxygen atoms in total. The summed E-state index contributed by atoms with van der Waals surface area (Å²) in [7, 11) is -3.72. The molecule has 1 unspecified atom stereocenters. The Morgan fingerprint density at radius 2 is 2.00 bits per heavy atom. The fourth-order valence-corrected chi connectivity index (χ4v) is 5.54. The number of anilines is 2. The van der Waals surface area contributed by atoms with Crippen LogP contribution in [0.15, 0.2) is 52.3 Å². The van der Waals surface area contributed by atoms with E-state index in [4.69, 9.17) is 0 Å². The monoisotopic (exact) mass is 390 g/mol. The van der Waals surface area contributed by atoms with E-state index < -0.39 is 10.0 Å². The average Bonchev–Trinajstić information content (AvgIpc) is 2.70. The number of carbonyl (C=O) groups excluding carboxylic acids is 1. The van der Waals surface area contributed by atoms with Crippen molar-refractivity contribution in [1.82, 2.24) is 0 Å². The minimum absolute atomic E-state index is 0.0932. The summed E-state index contributed by atoms with van der Waals surface area (Å²) in [6, 6.07) is 12.4. The van der Waals surface area contributed by atoms with Crippen LogP contribution < -0.4 is 9.62 Å². The van der Waals surface area contributed by atoms with Gasteiger partial charge >= 0.3 is 0 Å². The van der Waals surface area contributed by atoms with Crippen LogP contribution >= 0.6 is 11.8 Å². The van der Waals surface area contributed by atoms with Gasteiger partial charge in [0.05, 0.1) is 16.3 Å². The van der Waals surface area contributed by atoms with Gasteiger partial charge in [0.1, 0.15) is 0 Å². The number of nitrogens with zero attached hydrogens (tertiary/aromatic N) is 1. The van der Waals surface area contributed by atoms with Crippen molar-refractivity contribution in [3.63, 3.8) is 0 Å². The quantitative estimate of drug-likeness (QED) is 0.856. The number of fused-ring (bicyclic) bond motifs is 1. The predicted octanol–water partition coefficient (Wildman–Crippen LogP) is 4.03. The summed E-state index contributed by atoms with van der Waals surface area (Å²) < 4.78 is 27.8. The Morgan fingerprint density at radius 3 is 2.69 bits per heavy atom. The Kier molecular flexibility index (Phi) is 5.29. The van der Waals surface area contributed by atoms with Crippen LogP contribution in [0.4, 0.5) is 11.4 Å². The van der Waals surface area contributed by atoms with Gasteiger partial charge in [0.15, 0.2) is 0 Å². The van der Waals surface area contributed by atoms with Gasteiger partial charge in [-0.2, -0.15) is 0 Å². The molecule has 1 N–H and O–H groups in total.